The van der Waals surface area contributed by atoms with Crippen molar-refractivity contribution in [2.24, 2.45) is 11.6 Å². The number of unbranched alkanes of at least 4 members (excludes halogenated alkanes) is 14. The van der Waals surface area contributed by atoms with Crippen molar-refractivity contribution in [3.63, 3.8) is 0 Å². The number of carboxylic acids is 1. The van der Waals surface area contributed by atoms with Crippen molar-refractivity contribution in [1.82, 2.24) is 5.43 Å². The molecular weight excluding hydrogens is 318 g/mol. The first-order chi connectivity index (χ1) is 12.0. The minimum absolute atomic E-state index is 0.345. The maximum Gasteiger partial charge on any atom is 0.326 e. The van der Waals surface area contributed by atoms with Gasteiger partial charge in [-0.05, 0) is 6.42 Å². The van der Waals surface area contributed by atoms with Crippen LogP contribution in [0.4, 0.5) is 4.79 Å². The lowest BCUT2D eigenvalue weighted by atomic mass is 10.0. The first kappa shape index (κ1) is 25.9. The zero-order valence-electron chi connectivity index (χ0n) is 16.2. The second-order valence-electron chi connectivity index (χ2n) is 6.60. The fourth-order valence-corrected chi connectivity index (χ4v) is 2.65. The SMILES string of the molecule is CCCCCCCCCCCCCCCCCC(=O)O.NNC(N)=O. The van der Waals surface area contributed by atoms with E-state index in [2.05, 4.69) is 18.5 Å². The van der Waals surface area contributed by atoms with Crippen LogP contribution in [0.2, 0.25) is 0 Å². The van der Waals surface area contributed by atoms with Gasteiger partial charge >= 0.3 is 12.0 Å². The standard InChI is InChI=1S/C18H36O2.CH5N3O/c1-2-3-4-5-6-7-8-9-10-11-12-13-14-15-16-17-18(19)20;2-1(5)4-3/h2-17H2,1H3,(H,19,20);3H2,(H3,2,4,5). The maximum atomic E-state index is 10.3. The molecule has 0 radical (unpaired) electrons. The topological polar surface area (TPSA) is 118 Å². The molecule has 6 N–H and O–H groups in total. The lowest BCUT2D eigenvalue weighted by molar-refractivity contribution is -0.137. The third kappa shape index (κ3) is 31.0. The van der Waals surface area contributed by atoms with Crippen molar-refractivity contribution in [1.29, 1.82) is 0 Å². The van der Waals surface area contributed by atoms with Crippen LogP contribution >= 0.6 is 0 Å². The van der Waals surface area contributed by atoms with Crippen LogP contribution in [0.25, 0.3) is 0 Å². The Morgan fingerprint density at radius 2 is 1.00 bits per heavy atom. The van der Waals surface area contributed by atoms with E-state index < -0.39 is 12.0 Å². The third-order valence-electron chi connectivity index (χ3n) is 4.14. The van der Waals surface area contributed by atoms with Crippen LogP contribution in [0.15, 0.2) is 0 Å². The van der Waals surface area contributed by atoms with Gasteiger partial charge in [-0.15, -0.1) is 0 Å². The summed E-state index contributed by atoms with van der Waals surface area (Å²) < 4.78 is 0. The summed E-state index contributed by atoms with van der Waals surface area (Å²) in [5, 5.41) is 8.52. The molecule has 0 heterocycles. The molecule has 0 aliphatic heterocycles. The number of urea groups is 1. The first-order valence-corrected chi connectivity index (χ1v) is 10.0. The van der Waals surface area contributed by atoms with E-state index in [-0.39, 0.29) is 0 Å². The Kier molecular flexibility index (Phi) is 23.5. The number of amides is 2. The van der Waals surface area contributed by atoms with Gasteiger partial charge in [-0.1, -0.05) is 96.8 Å². The summed E-state index contributed by atoms with van der Waals surface area (Å²) in [7, 11) is 0. The van der Waals surface area contributed by atoms with E-state index >= 15 is 0 Å². The Balaban J connectivity index is 0. The van der Waals surface area contributed by atoms with E-state index in [1.165, 1.54) is 83.5 Å². The highest BCUT2D eigenvalue weighted by Gasteiger charge is 1.97. The van der Waals surface area contributed by atoms with Crippen molar-refractivity contribution >= 4 is 12.0 Å². The molecule has 0 rings (SSSR count). The summed E-state index contributed by atoms with van der Waals surface area (Å²) in [6.07, 6.45) is 20.2. The Labute approximate surface area is 154 Å². The summed E-state index contributed by atoms with van der Waals surface area (Å²) in [5.41, 5.74) is 6.08. The molecule has 6 heteroatoms. The van der Waals surface area contributed by atoms with Crippen molar-refractivity contribution in [2.45, 2.75) is 110 Å². The Hall–Kier alpha value is -1.30. The van der Waals surface area contributed by atoms with Gasteiger partial charge in [0.25, 0.3) is 0 Å². The quantitative estimate of drug-likeness (QED) is 0.136. The molecule has 0 saturated heterocycles. The summed E-state index contributed by atoms with van der Waals surface area (Å²) in [6, 6.07) is -0.718. The van der Waals surface area contributed by atoms with Crippen LogP contribution in [0.1, 0.15) is 110 Å². The molecule has 6 nitrogen and oxygen atoms in total. The van der Waals surface area contributed by atoms with Crippen molar-refractivity contribution in [3.05, 3.63) is 0 Å². The van der Waals surface area contributed by atoms with Gasteiger partial charge < -0.3 is 10.8 Å². The highest BCUT2D eigenvalue weighted by atomic mass is 16.4. The number of hydrazine groups is 1. The average molecular weight is 360 g/mol. The molecule has 0 atom stereocenters. The van der Waals surface area contributed by atoms with Gasteiger partial charge in [0.2, 0.25) is 0 Å². The number of carbonyl (C=O) groups is 2. The number of nitrogens with one attached hydrogen (secondary N) is 1. The van der Waals surface area contributed by atoms with Crippen molar-refractivity contribution < 1.29 is 14.7 Å². The fourth-order valence-electron chi connectivity index (χ4n) is 2.65. The second kappa shape index (κ2) is 22.7. The highest BCUT2D eigenvalue weighted by Crippen LogP contribution is 2.13. The normalized spacial score (nSPS) is 10.0. The van der Waals surface area contributed by atoms with E-state index in [4.69, 9.17) is 5.11 Å². The number of nitrogens with two attached hydrogens (primary N) is 2. The lowest BCUT2D eigenvalue weighted by Gasteiger charge is -2.03. The molecule has 0 saturated carbocycles. The predicted octanol–water partition coefficient (Wildman–Crippen LogP) is 4.86. The number of rotatable bonds is 16. The zero-order chi connectivity index (χ0) is 19.2. The van der Waals surface area contributed by atoms with Crippen LogP contribution in [-0.2, 0) is 4.79 Å². The van der Waals surface area contributed by atoms with Gasteiger partial charge in [-0.3, -0.25) is 10.2 Å². The summed E-state index contributed by atoms with van der Waals surface area (Å²) in [5.74, 6) is 3.79. The number of hydrogen-bond acceptors (Lipinski definition) is 3. The largest absolute Gasteiger partial charge is 0.481 e. The van der Waals surface area contributed by atoms with Gasteiger partial charge in [-0.2, -0.15) is 0 Å². The monoisotopic (exact) mass is 359 g/mol. The zero-order valence-corrected chi connectivity index (χ0v) is 16.2. The molecule has 0 fully saturated rings. The molecule has 0 spiro atoms. The van der Waals surface area contributed by atoms with E-state index in [0.29, 0.717) is 6.42 Å². The number of carbonyl (C=O) groups excluding carboxylic acids is 1. The maximum absolute atomic E-state index is 10.3. The molecule has 0 unspecified atom stereocenters. The van der Waals surface area contributed by atoms with Gasteiger partial charge in [0.05, 0.1) is 0 Å². The third-order valence-corrected chi connectivity index (χ3v) is 4.14. The molecule has 0 aromatic heterocycles. The smallest absolute Gasteiger partial charge is 0.326 e. The van der Waals surface area contributed by atoms with E-state index in [1.54, 1.807) is 5.43 Å². The minimum Gasteiger partial charge on any atom is -0.481 e. The molecule has 0 aromatic carbocycles. The van der Waals surface area contributed by atoms with E-state index in [9.17, 15) is 9.59 Å². The molecule has 0 bridgehead atoms. The van der Waals surface area contributed by atoms with Crippen LogP contribution in [0.3, 0.4) is 0 Å². The van der Waals surface area contributed by atoms with Gasteiger partial charge in [0, 0.05) is 6.42 Å². The number of primary amides is 1. The summed E-state index contributed by atoms with van der Waals surface area (Å²) >= 11 is 0. The van der Waals surface area contributed by atoms with Gasteiger partial charge in [-0.25, -0.2) is 10.6 Å². The average Bonchev–Trinajstić information content (AvgIpc) is 2.58. The number of hydrogen-bond donors (Lipinski definition) is 4. The van der Waals surface area contributed by atoms with Gasteiger partial charge in [0.15, 0.2) is 0 Å². The van der Waals surface area contributed by atoms with Crippen LogP contribution in [0, 0.1) is 0 Å². The molecule has 25 heavy (non-hydrogen) atoms. The molecule has 0 aliphatic carbocycles. The molecule has 0 aromatic rings. The Bertz CT molecular complexity index is 300. The summed E-state index contributed by atoms with van der Waals surface area (Å²) in [4.78, 5) is 19.7. The molecular formula is C19H41N3O3. The fraction of sp³-hybridized carbons (Fsp3) is 0.895. The Morgan fingerprint density at radius 3 is 1.24 bits per heavy atom. The molecule has 150 valence electrons. The van der Waals surface area contributed by atoms with Crippen molar-refractivity contribution in [2.75, 3.05) is 0 Å². The minimum atomic E-state index is -0.718. The Morgan fingerprint density at radius 1 is 0.720 bits per heavy atom. The van der Waals surface area contributed by atoms with E-state index in [1.807, 2.05) is 0 Å². The molecule has 2 amide bonds. The predicted molar refractivity (Wildman–Crippen MR) is 104 cm³/mol. The lowest BCUT2D eigenvalue weighted by Crippen LogP contribution is -2.34. The van der Waals surface area contributed by atoms with Crippen LogP contribution < -0.4 is 17.0 Å². The first-order valence-electron chi connectivity index (χ1n) is 10.0. The highest BCUT2D eigenvalue weighted by molar-refractivity contribution is 5.70. The van der Waals surface area contributed by atoms with E-state index in [0.717, 1.165) is 12.8 Å². The van der Waals surface area contributed by atoms with Crippen LogP contribution in [0.5, 0.6) is 0 Å². The number of aliphatic carboxylic acids is 1. The molecule has 0 aliphatic rings. The number of carboxylic acid groups (broad SMARTS) is 1. The van der Waals surface area contributed by atoms with Crippen molar-refractivity contribution in [3.8, 4) is 0 Å². The second-order valence-corrected chi connectivity index (χ2v) is 6.60. The summed E-state index contributed by atoms with van der Waals surface area (Å²) in [6.45, 7) is 2.27. The van der Waals surface area contributed by atoms with Gasteiger partial charge in [0.1, 0.15) is 0 Å². The van der Waals surface area contributed by atoms with Crippen LogP contribution in [-0.4, -0.2) is 17.1 Å².